The molecule has 1 fully saturated rings. The molecular formula is C15H16N2O3S. The van der Waals surface area contributed by atoms with Crippen molar-refractivity contribution < 1.29 is 13.2 Å². The summed E-state index contributed by atoms with van der Waals surface area (Å²) in [6.07, 6.45) is 1.91. The Morgan fingerprint density at radius 3 is 3.00 bits per heavy atom. The minimum Gasteiger partial charge on any atom is -0.312 e. The fourth-order valence-corrected chi connectivity index (χ4v) is 4.03. The van der Waals surface area contributed by atoms with Crippen LogP contribution in [0, 0.1) is 0 Å². The molecule has 0 radical (unpaired) electrons. The molecule has 1 atom stereocenters. The van der Waals surface area contributed by atoms with Gasteiger partial charge in [-0.2, -0.15) is 0 Å². The second-order valence-corrected chi connectivity index (χ2v) is 7.53. The number of pyridine rings is 1. The highest BCUT2D eigenvalue weighted by Crippen LogP contribution is 2.16. The van der Waals surface area contributed by atoms with Gasteiger partial charge in [0.25, 0.3) is 0 Å². The molecule has 3 rings (SSSR count). The lowest BCUT2D eigenvalue weighted by molar-refractivity contribution is 0.0972. The van der Waals surface area contributed by atoms with Crippen LogP contribution in [-0.2, 0) is 9.84 Å². The Kier molecular flexibility index (Phi) is 3.73. The zero-order valence-corrected chi connectivity index (χ0v) is 12.3. The van der Waals surface area contributed by atoms with Crippen LogP contribution >= 0.6 is 0 Å². The molecule has 6 heteroatoms. The van der Waals surface area contributed by atoms with Crippen LogP contribution in [0.3, 0.4) is 0 Å². The van der Waals surface area contributed by atoms with Crippen molar-refractivity contribution in [3.8, 4) is 0 Å². The van der Waals surface area contributed by atoms with Crippen molar-refractivity contribution in [2.75, 3.05) is 18.1 Å². The highest BCUT2D eigenvalue weighted by molar-refractivity contribution is 7.91. The van der Waals surface area contributed by atoms with Gasteiger partial charge in [-0.1, -0.05) is 6.07 Å². The largest absolute Gasteiger partial charge is 0.312 e. The maximum Gasteiger partial charge on any atom is 0.164 e. The smallest absolute Gasteiger partial charge is 0.164 e. The quantitative estimate of drug-likeness (QED) is 0.862. The van der Waals surface area contributed by atoms with Gasteiger partial charge in [0.1, 0.15) is 0 Å². The highest BCUT2D eigenvalue weighted by Gasteiger charge is 2.26. The van der Waals surface area contributed by atoms with Gasteiger partial charge < -0.3 is 5.32 Å². The number of nitrogens with zero attached hydrogens (tertiary/aromatic N) is 1. The van der Waals surface area contributed by atoms with E-state index in [0.717, 1.165) is 10.9 Å². The molecule has 110 valence electrons. The second-order valence-electron chi connectivity index (χ2n) is 5.30. The average molecular weight is 304 g/mol. The van der Waals surface area contributed by atoms with Gasteiger partial charge in [0.2, 0.25) is 0 Å². The number of carbonyl (C=O) groups excluding carboxylic acids is 1. The third-order valence-corrected chi connectivity index (χ3v) is 5.39. The maximum absolute atomic E-state index is 12.3. The standard InChI is InChI=1S/C15H16N2O3S/c18-15(9-13-10-21(19,20)7-6-16-13)12-3-4-14-11(8-12)2-1-5-17-14/h1-5,8,13,16H,6-7,9-10H2. The van der Waals surface area contributed by atoms with Gasteiger partial charge in [0.05, 0.1) is 17.0 Å². The first-order valence-electron chi connectivity index (χ1n) is 6.85. The fourth-order valence-electron chi connectivity index (χ4n) is 2.59. The molecule has 1 saturated heterocycles. The summed E-state index contributed by atoms with van der Waals surface area (Å²) in [5, 5.41) is 4.01. The first-order chi connectivity index (χ1) is 10.0. The predicted molar refractivity (Wildman–Crippen MR) is 81.1 cm³/mol. The molecule has 0 spiro atoms. The molecule has 2 aromatic rings. The molecule has 21 heavy (non-hydrogen) atoms. The number of ketones is 1. The van der Waals surface area contributed by atoms with Gasteiger partial charge in [-0.05, 0) is 24.3 Å². The zero-order chi connectivity index (χ0) is 14.9. The molecule has 5 nitrogen and oxygen atoms in total. The molecule has 1 aromatic carbocycles. The molecule has 1 aliphatic rings. The Hall–Kier alpha value is -1.79. The van der Waals surface area contributed by atoms with E-state index >= 15 is 0 Å². The number of carbonyl (C=O) groups is 1. The molecule has 0 saturated carbocycles. The zero-order valence-electron chi connectivity index (χ0n) is 11.5. The van der Waals surface area contributed by atoms with E-state index in [1.165, 1.54) is 0 Å². The number of hydrogen-bond donors (Lipinski definition) is 1. The van der Waals surface area contributed by atoms with Crippen LogP contribution in [-0.4, -0.2) is 43.3 Å². The van der Waals surface area contributed by atoms with Crippen molar-refractivity contribution in [3.63, 3.8) is 0 Å². The van der Waals surface area contributed by atoms with Gasteiger partial charge in [0, 0.05) is 36.2 Å². The summed E-state index contributed by atoms with van der Waals surface area (Å²) in [6.45, 7) is 0.419. The summed E-state index contributed by atoms with van der Waals surface area (Å²) in [5.74, 6) is 0.142. The Bertz CT molecular complexity index is 786. The lowest BCUT2D eigenvalue weighted by Gasteiger charge is -2.23. The number of nitrogens with one attached hydrogen (secondary N) is 1. The van der Waals surface area contributed by atoms with E-state index in [-0.39, 0.29) is 29.8 Å². The number of rotatable bonds is 3. The third-order valence-electron chi connectivity index (χ3n) is 3.66. The SMILES string of the molecule is O=C(CC1CS(=O)(=O)CCN1)c1ccc2ncccc2c1. The predicted octanol–water partition coefficient (Wildman–Crippen LogP) is 1.19. The minimum atomic E-state index is -3.02. The molecule has 2 heterocycles. The molecule has 1 N–H and O–H groups in total. The summed E-state index contributed by atoms with van der Waals surface area (Å²) in [5.41, 5.74) is 1.44. The summed E-state index contributed by atoms with van der Waals surface area (Å²) in [7, 11) is -3.02. The molecule has 0 aliphatic carbocycles. The lowest BCUT2D eigenvalue weighted by atomic mass is 10.0. The van der Waals surface area contributed by atoms with E-state index in [1.54, 1.807) is 12.3 Å². The van der Waals surface area contributed by atoms with Crippen molar-refractivity contribution in [2.45, 2.75) is 12.5 Å². The van der Waals surface area contributed by atoms with Gasteiger partial charge in [-0.25, -0.2) is 8.42 Å². The Balaban J connectivity index is 1.77. The normalized spacial score (nSPS) is 21.2. The number of benzene rings is 1. The van der Waals surface area contributed by atoms with E-state index in [2.05, 4.69) is 10.3 Å². The number of fused-ring (bicyclic) bond motifs is 1. The molecule has 1 unspecified atom stereocenters. The number of Topliss-reactive ketones (excluding diaryl/α,β-unsaturated/α-hetero) is 1. The maximum atomic E-state index is 12.3. The van der Waals surface area contributed by atoms with E-state index in [9.17, 15) is 13.2 Å². The van der Waals surface area contributed by atoms with E-state index in [4.69, 9.17) is 0 Å². The van der Waals surface area contributed by atoms with E-state index < -0.39 is 9.84 Å². The molecule has 0 bridgehead atoms. The first kappa shape index (κ1) is 14.2. The Morgan fingerprint density at radius 1 is 1.33 bits per heavy atom. The molecule has 1 aromatic heterocycles. The van der Waals surface area contributed by atoms with Gasteiger partial charge in [-0.3, -0.25) is 9.78 Å². The first-order valence-corrected chi connectivity index (χ1v) is 8.67. The monoisotopic (exact) mass is 304 g/mol. The summed E-state index contributed by atoms with van der Waals surface area (Å²) >= 11 is 0. The van der Waals surface area contributed by atoms with Crippen LogP contribution in [0.25, 0.3) is 10.9 Å². The van der Waals surface area contributed by atoms with Crippen molar-refractivity contribution >= 4 is 26.5 Å². The Labute approximate surface area is 123 Å². The van der Waals surface area contributed by atoms with Crippen LogP contribution in [0.4, 0.5) is 0 Å². The molecular weight excluding hydrogens is 288 g/mol. The lowest BCUT2D eigenvalue weighted by Crippen LogP contribution is -2.45. The highest BCUT2D eigenvalue weighted by atomic mass is 32.2. The minimum absolute atomic E-state index is 0.0356. The molecule has 1 aliphatic heterocycles. The van der Waals surface area contributed by atoms with Crippen LogP contribution in [0.15, 0.2) is 36.5 Å². The number of sulfone groups is 1. The van der Waals surface area contributed by atoms with Gasteiger partial charge >= 0.3 is 0 Å². The van der Waals surface area contributed by atoms with Crippen LogP contribution in [0.5, 0.6) is 0 Å². The fraction of sp³-hybridized carbons (Fsp3) is 0.333. The topological polar surface area (TPSA) is 76.1 Å². The number of hydrogen-bond acceptors (Lipinski definition) is 5. The molecule has 0 amide bonds. The van der Waals surface area contributed by atoms with Crippen molar-refractivity contribution in [3.05, 3.63) is 42.1 Å². The Morgan fingerprint density at radius 2 is 2.19 bits per heavy atom. The number of aromatic nitrogens is 1. The van der Waals surface area contributed by atoms with Crippen molar-refractivity contribution in [1.29, 1.82) is 0 Å². The van der Waals surface area contributed by atoms with Crippen LogP contribution < -0.4 is 5.32 Å². The summed E-state index contributed by atoms with van der Waals surface area (Å²) in [4.78, 5) is 16.5. The van der Waals surface area contributed by atoms with Gasteiger partial charge in [-0.15, -0.1) is 0 Å². The van der Waals surface area contributed by atoms with Crippen LogP contribution in [0.1, 0.15) is 16.8 Å². The summed E-state index contributed by atoms with van der Waals surface area (Å²) < 4.78 is 23.2. The van der Waals surface area contributed by atoms with Gasteiger partial charge in [0.15, 0.2) is 15.6 Å². The third kappa shape index (κ3) is 3.28. The van der Waals surface area contributed by atoms with Crippen molar-refractivity contribution in [2.24, 2.45) is 0 Å². The van der Waals surface area contributed by atoms with E-state index in [0.29, 0.717) is 12.1 Å². The van der Waals surface area contributed by atoms with Crippen molar-refractivity contribution in [1.82, 2.24) is 10.3 Å². The summed E-state index contributed by atoms with van der Waals surface area (Å²) in [6, 6.07) is 8.81. The second kappa shape index (κ2) is 5.54. The van der Waals surface area contributed by atoms with E-state index in [1.807, 2.05) is 24.3 Å². The van der Waals surface area contributed by atoms with Crippen LogP contribution in [0.2, 0.25) is 0 Å². The average Bonchev–Trinajstić information content (AvgIpc) is 2.45.